The Balaban J connectivity index is 1.15. The zero-order valence-electron chi connectivity index (χ0n) is 16.6. The Bertz CT molecular complexity index is 1070. The van der Waals surface area contributed by atoms with Crippen molar-refractivity contribution in [3.8, 4) is 5.75 Å². The molecule has 1 aliphatic carbocycles. The second-order valence-corrected chi connectivity index (χ2v) is 9.19. The Morgan fingerprint density at radius 1 is 1.10 bits per heavy atom. The van der Waals surface area contributed by atoms with Gasteiger partial charge in [0.2, 0.25) is 0 Å². The minimum atomic E-state index is -0.116. The highest BCUT2D eigenvalue weighted by molar-refractivity contribution is 7.20. The number of nitrogens with one attached hydrogen (secondary N) is 2. The average Bonchev–Trinajstić information content (AvgIpc) is 3.21. The molecule has 0 radical (unpaired) electrons. The highest BCUT2D eigenvalue weighted by Crippen LogP contribution is 2.33. The van der Waals surface area contributed by atoms with Gasteiger partial charge in [0.1, 0.15) is 5.75 Å². The van der Waals surface area contributed by atoms with E-state index < -0.39 is 0 Å². The number of ketones is 1. The van der Waals surface area contributed by atoms with E-state index in [0.717, 1.165) is 59.5 Å². The molecule has 154 valence electrons. The number of amides is 1. The fourth-order valence-electron chi connectivity index (χ4n) is 4.37. The number of carbonyl (C=O) groups excluding carboxylic acids is 2. The van der Waals surface area contributed by atoms with Crippen molar-refractivity contribution < 1.29 is 14.3 Å². The van der Waals surface area contributed by atoms with Crippen molar-refractivity contribution in [2.75, 3.05) is 11.9 Å². The number of fused-ring (bicyclic) bond motifs is 2. The van der Waals surface area contributed by atoms with E-state index in [0.29, 0.717) is 11.8 Å². The van der Waals surface area contributed by atoms with Gasteiger partial charge in [-0.2, -0.15) is 0 Å². The van der Waals surface area contributed by atoms with Gasteiger partial charge >= 0.3 is 0 Å². The van der Waals surface area contributed by atoms with Crippen molar-refractivity contribution in [2.24, 2.45) is 5.92 Å². The van der Waals surface area contributed by atoms with Crippen LogP contribution in [0.5, 0.6) is 5.75 Å². The van der Waals surface area contributed by atoms with Gasteiger partial charge in [-0.3, -0.25) is 9.59 Å². The molecule has 2 heterocycles. The number of benzene rings is 2. The van der Waals surface area contributed by atoms with E-state index in [4.69, 9.17) is 4.74 Å². The Kier molecular flexibility index (Phi) is 5.27. The minimum absolute atomic E-state index is 0.0774. The van der Waals surface area contributed by atoms with Gasteiger partial charge in [-0.05, 0) is 60.9 Å². The summed E-state index contributed by atoms with van der Waals surface area (Å²) in [5.74, 6) is 1.04. The van der Waals surface area contributed by atoms with Crippen LogP contribution in [0.2, 0.25) is 0 Å². The number of Topliss-reactive ketones (excluding diaryl/α,β-unsaturated/α-hetero) is 1. The number of carbonyl (C=O) groups is 2. The lowest BCUT2D eigenvalue weighted by molar-refractivity contribution is -0.118. The molecule has 0 spiro atoms. The Morgan fingerprint density at radius 3 is 2.77 bits per heavy atom. The summed E-state index contributed by atoms with van der Waals surface area (Å²) in [6.45, 7) is 0.816. The number of thiophene rings is 1. The molecule has 1 aliphatic heterocycles. The summed E-state index contributed by atoms with van der Waals surface area (Å²) in [7, 11) is 0. The number of anilines is 1. The van der Waals surface area contributed by atoms with Gasteiger partial charge in [0.25, 0.3) is 5.91 Å². The summed E-state index contributed by atoms with van der Waals surface area (Å²) >= 11 is 1.61. The molecule has 1 saturated carbocycles. The number of hydrogen-bond acceptors (Lipinski definition) is 5. The molecule has 2 aromatic carbocycles. The molecule has 0 atom stereocenters. The van der Waals surface area contributed by atoms with Gasteiger partial charge in [-0.1, -0.05) is 24.3 Å². The van der Waals surface area contributed by atoms with E-state index in [1.165, 1.54) is 4.70 Å². The molecule has 1 amide bonds. The van der Waals surface area contributed by atoms with Crippen LogP contribution < -0.4 is 15.4 Å². The van der Waals surface area contributed by atoms with Gasteiger partial charge in [0.05, 0.1) is 10.6 Å². The lowest BCUT2D eigenvalue weighted by Gasteiger charge is -2.28. The van der Waals surface area contributed by atoms with E-state index in [1.54, 1.807) is 11.3 Å². The summed E-state index contributed by atoms with van der Waals surface area (Å²) < 4.78 is 6.59. The van der Waals surface area contributed by atoms with E-state index in [-0.39, 0.29) is 18.4 Å². The maximum atomic E-state index is 13.0. The molecule has 30 heavy (non-hydrogen) atoms. The fraction of sp³-hybridized carbons (Fsp3) is 0.333. The molecule has 0 unspecified atom stereocenters. The van der Waals surface area contributed by atoms with Crippen molar-refractivity contribution in [2.45, 2.75) is 38.3 Å². The van der Waals surface area contributed by atoms with Gasteiger partial charge in [-0.25, -0.2) is 0 Å². The summed E-state index contributed by atoms with van der Waals surface area (Å²) in [6.07, 6.45) is 3.87. The first-order valence-corrected chi connectivity index (χ1v) is 11.3. The smallest absolute Gasteiger partial charge is 0.262 e. The van der Waals surface area contributed by atoms with Crippen LogP contribution in [0.1, 0.15) is 40.9 Å². The van der Waals surface area contributed by atoms with E-state index in [9.17, 15) is 9.59 Å². The largest absolute Gasteiger partial charge is 0.482 e. The zero-order valence-corrected chi connectivity index (χ0v) is 17.5. The summed E-state index contributed by atoms with van der Waals surface area (Å²) in [5, 5.41) is 7.63. The maximum absolute atomic E-state index is 13.0. The molecule has 5 rings (SSSR count). The normalized spacial score (nSPS) is 21.0. The molecule has 1 aromatic heterocycles. The van der Waals surface area contributed by atoms with Crippen molar-refractivity contribution >= 4 is 38.8 Å². The number of ether oxygens (including phenoxy) is 1. The van der Waals surface area contributed by atoms with Crippen LogP contribution >= 0.6 is 11.3 Å². The van der Waals surface area contributed by atoms with Crippen LogP contribution in [0, 0.1) is 5.92 Å². The molecule has 0 bridgehead atoms. The standard InChI is InChI=1S/C24H24N2O3S/c27-23-14-29-20-10-5-15(11-19(20)26-23)13-25-18-8-6-16(7-9-18)24(28)22-12-17-3-1-2-4-21(17)30-22/h1-5,10-12,16,18,25H,6-9,13-14H2,(H,26,27)/t16-,18-. The fourth-order valence-corrected chi connectivity index (χ4v) is 5.45. The number of rotatable bonds is 5. The molecular weight excluding hydrogens is 396 g/mol. The van der Waals surface area contributed by atoms with Crippen LogP contribution in [0.15, 0.2) is 48.5 Å². The van der Waals surface area contributed by atoms with Crippen LogP contribution in [0.3, 0.4) is 0 Å². The molecule has 1 fully saturated rings. The van der Waals surface area contributed by atoms with Crippen LogP contribution in [0.25, 0.3) is 10.1 Å². The van der Waals surface area contributed by atoms with Gasteiger partial charge < -0.3 is 15.4 Å². The topological polar surface area (TPSA) is 67.4 Å². The number of hydrogen-bond donors (Lipinski definition) is 2. The highest BCUT2D eigenvalue weighted by atomic mass is 32.1. The first-order chi connectivity index (χ1) is 14.7. The van der Waals surface area contributed by atoms with E-state index in [2.05, 4.69) is 22.8 Å². The third-order valence-corrected chi connectivity index (χ3v) is 7.17. The van der Waals surface area contributed by atoms with Crippen LogP contribution in [0.4, 0.5) is 5.69 Å². The summed E-state index contributed by atoms with van der Waals surface area (Å²) in [5.41, 5.74) is 1.85. The SMILES string of the molecule is O=C1COc2ccc(CN[C@H]3CC[C@H](C(=O)c4cc5ccccc5s4)CC3)cc2N1. The molecule has 0 saturated heterocycles. The lowest BCUT2D eigenvalue weighted by Crippen LogP contribution is -2.34. The molecule has 3 aromatic rings. The monoisotopic (exact) mass is 420 g/mol. The summed E-state index contributed by atoms with van der Waals surface area (Å²) in [6, 6.07) is 16.6. The molecular formula is C24H24N2O3S. The first kappa shape index (κ1) is 19.3. The first-order valence-electron chi connectivity index (χ1n) is 10.5. The van der Waals surface area contributed by atoms with Gasteiger partial charge in [0.15, 0.2) is 12.4 Å². The van der Waals surface area contributed by atoms with Crippen LogP contribution in [-0.2, 0) is 11.3 Å². The molecule has 2 N–H and O–H groups in total. The van der Waals surface area contributed by atoms with Gasteiger partial charge in [-0.15, -0.1) is 11.3 Å². The lowest BCUT2D eigenvalue weighted by atomic mass is 9.83. The molecule has 6 heteroatoms. The van der Waals surface area contributed by atoms with E-state index in [1.807, 2.05) is 36.4 Å². The third kappa shape index (κ3) is 3.98. The van der Waals surface area contributed by atoms with Crippen LogP contribution in [-0.4, -0.2) is 24.3 Å². The van der Waals surface area contributed by atoms with Crippen molar-refractivity contribution in [3.63, 3.8) is 0 Å². The molecule has 2 aliphatic rings. The Morgan fingerprint density at radius 2 is 1.93 bits per heavy atom. The highest BCUT2D eigenvalue weighted by Gasteiger charge is 2.28. The van der Waals surface area contributed by atoms with Crippen molar-refractivity contribution in [1.29, 1.82) is 0 Å². The van der Waals surface area contributed by atoms with Gasteiger partial charge in [0, 0.05) is 23.2 Å². The Labute approximate surface area is 179 Å². The van der Waals surface area contributed by atoms with Crippen molar-refractivity contribution in [1.82, 2.24) is 5.32 Å². The minimum Gasteiger partial charge on any atom is -0.482 e. The maximum Gasteiger partial charge on any atom is 0.262 e. The Hall–Kier alpha value is -2.70. The predicted molar refractivity (Wildman–Crippen MR) is 119 cm³/mol. The quantitative estimate of drug-likeness (QED) is 0.584. The van der Waals surface area contributed by atoms with E-state index >= 15 is 0 Å². The zero-order chi connectivity index (χ0) is 20.5. The molecule has 5 nitrogen and oxygen atoms in total. The second-order valence-electron chi connectivity index (χ2n) is 8.11. The predicted octanol–water partition coefficient (Wildman–Crippen LogP) is 4.76. The average molecular weight is 421 g/mol. The van der Waals surface area contributed by atoms with Crippen molar-refractivity contribution in [3.05, 3.63) is 59.0 Å². The third-order valence-electron chi connectivity index (χ3n) is 6.04. The summed E-state index contributed by atoms with van der Waals surface area (Å²) in [4.78, 5) is 25.4. The second kappa shape index (κ2) is 8.20.